The molecule has 0 bridgehead atoms. The molecule has 0 heterocycles. The third kappa shape index (κ3) is 4.93. The number of amides is 1. The van der Waals surface area contributed by atoms with Crippen LogP contribution in [-0.4, -0.2) is 23.4 Å². The van der Waals surface area contributed by atoms with Gasteiger partial charge in [-0.3, -0.25) is 4.79 Å². The predicted octanol–water partition coefficient (Wildman–Crippen LogP) is 3.24. The van der Waals surface area contributed by atoms with E-state index in [1.54, 1.807) is 0 Å². The standard InChI is InChI=1S/C16H26N2O/c1-4-6-11-18(13(3)5-2)16(19)12-14-7-9-15(17)10-8-14/h7-10,13H,4-6,11-12,17H2,1-3H3. The van der Waals surface area contributed by atoms with Gasteiger partial charge in [0, 0.05) is 18.3 Å². The Kier molecular flexibility index (Phi) is 6.40. The number of carbonyl (C=O) groups excluding carboxylic acids is 1. The van der Waals surface area contributed by atoms with E-state index in [9.17, 15) is 4.79 Å². The molecule has 1 unspecified atom stereocenters. The Labute approximate surface area is 116 Å². The number of carbonyl (C=O) groups is 1. The predicted molar refractivity (Wildman–Crippen MR) is 80.9 cm³/mol. The topological polar surface area (TPSA) is 46.3 Å². The molecule has 19 heavy (non-hydrogen) atoms. The van der Waals surface area contributed by atoms with E-state index in [-0.39, 0.29) is 5.91 Å². The SMILES string of the molecule is CCCCN(C(=O)Cc1ccc(N)cc1)C(C)CC. The molecule has 0 fully saturated rings. The summed E-state index contributed by atoms with van der Waals surface area (Å²) in [6.45, 7) is 7.26. The third-order valence-electron chi connectivity index (χ3n) is 3.53. The van der Waals surface area contributed by atoms with Crippen molar-refractivity contribution in [3.8, 4) is 0 Å². The molecule has 0 aliphatic heterocycles. The first-order chi connectivity index (χ1) is 9.08. The number of unbranched alkanes of at least 4 members (excludes halogenated alkanes) is 1. The smallest absolute Gasteiger partial charge is 0.227 e. The lowest BCUT2D eigenvalue weighted by atomic mass is 10.1. The van der Waals surface area contributed by atoms with Gasteiger partial charge < -0.3 is 10.6 Å². The van der Waals surface area contributed by atoms with Gasteiger partial charge in [-0.1, -0.05) is 32.4 Å². The van der Waals surface area contributed by atoms with Crippen LogP contribution in [0.1, 0.15) is 45.6 Å². The molecule has 0 saturated heterocycles. The van der Waals surface area contributed by atoms with Crippen LogP contribution in [0.2, 0.25) is 0 Å². The molecular formula is C16H26N2O. The number of nitrogen functional groups attached to an aromatic ring is 1. The molecule has 106 valence electrons. The monoisotopic (exact) mass is 262 g/mol. The largest absolute Gasteiger partial charge is 0.399 e. The van der Waals surface area contributed by atoms with Gasteiger partial charge in [0.25, 0.3) is 0 Å². The van der Waals surface area contributed by atoms with Gasteiger partial charge in [-0.15, -0.1) is 0 Å². The summed E-state index contributed by atoms with van der Waals surface area (Å²) >= 11 is 0. The summed E-state index contributed by atoms with van der Waals surface area (Å²) in [6, 6.07) is 7.88. The summed E-state index contributed by atoms with van der Waals surface area (Å²) in [5, 5.41) is 0. The van der Waals surface area contributed by atoms with E-state index in [4.69, 9.17) is 5.73 Å². The second-order valence-corrected chi connectivity index (χ2v) is 5.12. The van der Waals surface area contributed by atoms with Crippen molar-refractivity contribution in [2.75, 3.05) is 12.3 Å². The molecule has 3 nitrogen and oxygen atoms in total. The third-order valence-corrected chi connectivity index (χ3v) is 3.53. The van der Waals surface area contributed by atoms with Crippen molar-refractivity contribution < 1.29 is 4.79 Å². The highest BCUT2D eigenvalue weighted by Crippen LogP contribution is 2.11. The normalized spacial score (nSPS) is 12.2. The molecule has 1 rings (SSSR count). The van der Waals surface area contributed by atoms with Crippen molar-refractivity contribution >= 4 is 11.6 Å². The lowest BCUT2D eigenvalue weighted by Crippen LogP contribution is -2.40. The lowest BCUT2D eigenvalue weighted by molar-refractivity contribution is -0.132. The van der Waals surface area contributed by atoms with Crippen LogP contribution in [0.3, 0.4) is 0 Å². The Balaban J connectivity index is 2.67. The van der Waals surface area contributed by atoms with E-state index in [1.807, 2.05) is 29.2 Å². The minimum absolute atomic E-state index is 0.215. The van der Waals surface area contributed by atoms with Crippen LogP contribution in [-0.2, 0) is 11.2 Å². The van der Waals surface area contributed by atoms with Crippen LogP contribution in [0, 0.1) is 0 Å². The average Bonchev–Trinajstić information content (AvgIpc) is 2.41. The maximum Gasteiger partial charge on any atom is 0.227 e. The highest BCUT2D eigenvalue weighted by atomic mass is 16.2. The molecule has 0 radical (unpaired) electrons. The van der Waals surface area contributed by atoms with E-state index in [1.165, 1.54) is 0 Å². The van der Waals surface area contributed by atoms with E-state index < -0.39 is 0 Å². The van der Waals surface area contributed by atoms with Gasteiger partial charge in [-0.05, 0) is 37.5 Å². The summed E-state index contributed by atoms with van der Waals surface area (Å²) in [5.41, 5.74) is 7.43. The minimum atomic E-state index is 0.215. The molecular weight excluding hydrogens is 236 g/mol. The van der Waals surface area contributed by atoms with Gasteiger partial charge in [-0.25, -0.2) is 0 Å². The Morgan fingerprint density at radius 3 is 2.42 bits per heavy atom. The van der Waals surface area contributed by atoms with Crippen LogP contribution < -0.4 is 5.73 Å². The zero-order valence-corrected chi connectivity index (χ0v) is 12.4. The van der Waals surface area contributed by atoms with E-state index in [0.29, 0.717) is 12.5 Å². The quantitative estimate of drug-likeness (QED) is 0.767. The van der Waals surface area contributed by atoms with Crippen LogP contribution in [0.25, 0.3) is 0 Å². The lowest BCUT2D eigenvalue weighted by Gasteiger charge is -2.28. The van der Waals surface area contributed by atoms with Crippen molar-refractivity contribution in [2.45, 2.75) is 52.5 Å². The van der Waals surface area contributed by atoms with Gasteiger partial charge in [0.2, 0.25) is 5.91 Å². The summed E-state index contributed by atoms with van der Waals surface area (Å²) in [7, 11) is 0. The molecule has 1 amide bonds. The van der Waals surface area contributed by atoms with Crippen molar-refractivity contribution in [1.29, 1.82) is 0 Å². The number of anilines is 1. The molecule has 0 aromatic heterocycles. The first-order valence-electron chi connectivity index (χ1n) is 7.22. The van der Waals surface area contributed by atoms with Gasteiger partial charge >= 0.3 is 0 Å². The Morgan fingerprint density at radius 2 is 1.89 bits per heavy atom. The van der Waals surface area contributed by atoms with E-state index in [2.05, 4.69) is 20.8 Å². The Bertz CT molecular complexity index is 386. The number of hydrogen-bond donors (Lipinski definition) is 1. The van der Waals surface area contributed by atoms with Gasteiger partial charge in [0.1, 0.15) is 0 Å². The number of nitrogens with two attached hydrogens (primary N) is 1. The van der Waals surface area contributed by atoms with Crippen molar-refractivity contribution in [1.82, 2.24) is 4.90 Å². The molecule has 1 atom stereocenters. The highest BCUT2D eigenvalue weighted by molar-refractivity contribution is 5.79. The highest BCUT2D eigenvalue weighted by Gasteiger charge is 2.18. The molecule has 2 N–H and O–H groups in total. The van der Waals surface area contributed by atoms with Gasteiger partial charge in [0.15, 0.2) is 0 Å². The fraction of sp³-hybridized carbons (Fsp3) is 0.562. The van der Waals surface area contributed by atoms with Crippen molar-refractivity contribution in [3.63, 3.8) is 0 Å². The summed E-state index contributed by atoms with van der Waals surface area (Å²) in [5.74, 6) is 0.215. The van der Waals surface area contributed by atoms with E-state index in [0.717, 1.165) is 37.1 Å². The minimum Gasteiger partial charge on any atom is -0.399 e. The maximum atomic E-state index is 12.4. The number of hydrogen-bond acceptors (Lipinski definition) is 2. The molecule has 0 aliphatic carbocycles. The number of benzene rings is 1. The second-order valence-electron chi connectivity index (χ2n) is 5.12. The Morgan fingerprint density at radius 1 is 1.26 bits per heavy atom. The number of rotatable bonds is 7. The molecule has 0 spiro atoms. The molecule has 1 aromatic rings. The fourth-order valence-electron chi connectivity index (χ4n) is 2.05. The Hall–Kier alpha value is -1.51. The fourth-order valence-corrected chi connectivity index (χ4v) is 2.05. The van der Waals surface area contributed by atoms with Crippen molar-refractivity contribution in [2.24, 2.45) is 0 Å². The maximum absolute atomic E-state index is 12.4. The van der Waals surface area contributed by atoms with Crippen LogP contribution in [0.5, 0.6) is 0 Å². The summed E-state index contributed by atoms with van der Waals surface area (Å²) in [4.78, 5) is 14.4. The molecule has 3 heteroatoms. The second kappa shape index (κ2) is 7.82. The molecule has 0 saturated carbocycles. The summed E-state index contributed by atoms with van der Waals surface area (Å²) < 4.78 is 0. The average molecular weight is 262 g/mol. The van der Waals surface area contributed by atoms with Crippen LogP contribution in [0.15, 0.2) is 24.3 Å². The van der Waals surface area contributed by atoms with Crippen LogP contribution >= 0.6 is 0 Å². The van der Waals surface area contributed by atoms with Gasteiger partial charge in [0.05, 0.1) is 6.42 Å². The van der Waals surface area contributed by atoms with Gasteiger partial charge in [-0.2, -0.15) is 0 Å². The zero-order valence-electron chi connectivity index (χ0n) is 12.4. The summed E-state index contributed by atoms with van der Waals surface area (Å²) in [6.07, 6.45) is 3.64. The first-order valence-corrected chi connectivity index (χ1v) is 7.22. The van der Waals surface area contributed by atoms with E-state index >= 15 is 0 Å². The molecule has 1 aromatic carbocycles. The first kappa shape index (κ1) is 15.5. The van der Waals surface area contributed by atoms with Crippen molar-refractivity contribution in [3.05, 3.63) is 29.8 Å². The van der Waals surface area contributed by atoms with Crippen LogP contribution in [0.4, 0.5) is 5.69 Å². The zero-order chi connectivity index (χ0) is 14.3. The number of nitrogens with zero attached hydrogens (tertiary/aromatic N) is 1. The molecule has 0 aliphatic rings.